The lowest BCUT2D eigenvalue weighted by molar-refractivity contribution is -0.122. The third-order valence-electron chi connectivity index (χ3n) is 2.58. The molecule has 1 aromatic rings. The molecule has 0 unspecified atom stereocenters. The van der Waals surface area contributed by atoms with E-state index in [1.165, 1.54) is 17.0 Å². The number of hydrogen-bond acceptors (Lipinski definition) is 6. The highest BCUT2D eigenvalue weighted by Crippen LogP contribution is 2.33. The first kappa shape index (κ1) is 17.3. The maximum atomic E-state index is 12.3. The van der Waals surface area contributed by atoms with Crippen LogP contribution in [-0.4, -0.2) is 49.9 Å². The van der Waals surface area contributed by atoms with Crippen molar-refractivity contribution >= 4 is 55.8 Å². The van der Waals surface area contributed by atoms with Crippen molar-refractivity contribution < 1.29 is 13.2 Å². The molecular weight excluding hydrogens is 366 g/mol. The summed E-state index contributed by atoms with van der Waals surface area (Å²) < 4.78 is 28.8. The number of rotatable bonds is 4. The predicted octanol–water partition coefficient (Wildman–Crippen LogP) is 2.44. The first-order chi connectivity index (χ1) is 10.2. The van der Waals surface area contributed by atoms with Gasteiger partial charge in [0.05, 0.1) is 9.24 Å². The summed E-state index contributed by atoms with van der Waals surface area (Å²) in [4.78, 5) is 15.7. The minimum absolute atomic E-state index is 0.0548. The molecular formula is C12H14ClN3O3S3. The number of amidine groups is 1. The Labute approximate surface area is 142 Å². The summed E-state index contributed by atoms with van der Waals surface area (Å²) in [5, 5.41) is 0.158. The fourth-order valence-electron chi connectivity index (χ4n) is 1.66. The molecule has 0 spiro atoms. The van der Waals surface area contributed by atoms with Gasteiger partial charge in [0.2, 0.25) is 0 Å². The molecule has 2 rings (SSSR count). The van der Waals surface area contributed by atoms with Crippen molar-refractivity contribution in [3.8, 4) is 0 Å². The van der Waals surface area contributed by atoms with Gasteiger partial charge >= 0.3 is 0 Å². The molecule has 120 valence electrons. The average Bonchev–Trinajstić information content (AvgIpc) is 2.95. The van der Waals surface area contributed by atoms with Crippen LogP contribution in [0.4, 0.5) is 0 Å². The van der Waals surface area contributed by atoms with Gasteiger partial charge in [-0.05, 0) is 30.8 Å². The SMILES string of the molecule is CCN1C(=O)C(=CN(C)C)SC1=NS(=O)(=O)c1ccc(Cl)s1. The van der Waals surface area contributed by atoms with Crippen LogP contribution in [0.2, 0.25) is 4.34 Å². The molecule has 1 amide bonds. The Morgan fingerprint density at radius 2 is 2.09 bits per heavy atom. The number of carbonyl (C=O) groups excluding carboxylic acids is 1. The van der Waals surface area contributed by atoms with Crippen LogP contribution < -0.4 is 0 Å². The Morgan fingerprint density at radius 1 is 1.41 bits per heavy atom. The number of nitrogens with zero attached hydrogens (tertiary/aromatic N) is 3. The van der Waals surface area contributed by atoms with Gasteiger partial charge in [0.25, 0.3) is 15.9 Å². The van der Waals surface area contributed by atoms with Crippen molar-refractivity contribution in [1.82, 2.24) is 9.80 Å². The van der Waals surface area contributed by atoms with Gasteiger partial charge in [-0.15, -0.1) is 15.7 Å². The smallest absolute Gasteiger partial charge is 0.294 e. The minimum atomic E-state index is -3.87. The van der Waals surface area contributed by atoms with Gasteiger partial charge in [-0.3, -0.25) is 9.69 Å². The molecule has 0 bridgehead atoms. The number of amides is 1. The molecule has 0 aromatic carbocycles. The van der Waals surface area contributed by atoms with E-state index >= 15 is 0 Å². The third kappa shape index (κ3) is 3.65. The van der Waals surface area contributed by atoms with E-state index in [1.54, 1.807) is 32.1 Å². The summed E-state index contributed by atoms with van der Waals surface area (Å²) in [5.41, 5.74) is 0. The van der Waals surface area contributed by atoms with Gasteiger partial charge in [0.15, 0.2) is 5.17 Å². The quantitative estimate of drug-likeness (QED) is 0.751. The molecule has 1 fully saturated rings. The van der Waals surface area contributed by atoms with Crippen LogP contribution in [0, 0.1) is 0 Å². The topological polar surface area (TPSA) is 70.1 Å². The van der Waals surface area contributed by atoms with Gasteiger partial charge in [0, 0.05) is 26.8 Å². The molecule has 1 aliphatic heterocycles. The van der Waals surface area contributed by atoms with Crippen molar-refractivity contribution in [3.63, 3.8) is 0 Å². The summed E-state index contributed by atoms with van der Waals surface area (Å²) >= 11 is 7.74. The summed E-state index contributed by atoms with van der Waals surface area (Å²) in [6.45, 7) is 2.11. The Bertz CT molecular complexity index is 753. The zero-order valence-electron chi connectivity index (χ0n) is 12.1. The average molecular weight is 380 g/mol. The number of halogens is 1. The lowest BCUT2D eigenvalue weighted by Gasteiger charge is -2.11. The molecule has 1 saturated heterocycles. The molecule has 0 atom stereocenters. The zero-order valence-corrected chi connectivity index (χ0v) is 15.3. The summed E-state index contributed by atoms with van der Waals surface area (Å²) in [7, 11) is -0.298. The number of thiophene rings is 1. The summed E-state index contributed by atoms with van der Waals surface area (Å²) in [6.07, 6.45) is 1.65. The Kier molecular flexibility index (Phi) is 5.21. The first-order valence-corrected chi connectivity index (χ1v) is 9.68. The van der Waals surface area contributed by atoms with Gasteiger partial charge in [0.1, 0.15) is 4.21 Å². The van der Waals surface area contributed by atoms with E-state index in [1.807, 2.05) is 0 Å². The lowest BCUT2D eigenvalue weighted by atomic mass is 10.4. The number of likely N-dealkylation sites (N-methyl/N-ethyl adjacent to an activating group) is 1. The Hall–Kier alpha value is -1.03. The second-order valence-corrected chi connectivity index (χ2v) is 9.07. The summed E-state index contributed by atoms with van der Waals surface area (Å²) in [5.74, 6) is -0.251. The fraction of sp³-hybridized carbons (Fsp3) is 0.333. The minimum Gasteiger partial charge on any atom is -0.382 e. The van der Waals surface area contributed by atoms with E-state index in [0.717, 1.165) is 23.1 Å². The van der Waals surface area contributed by atoms with E-state index in [4.69, 9.17) is 11.6 Å². The first-order valence-electron chi connectivity index (χ1n) is 6.23. The number of hydrogen-bond donors (Lipinski definition) is 0. The van der Waals surface area contributed by atoms with Crippen molar-refractivity contribution in [1.29, 1.82) is 0 Å². The molecule has 0 radical (unpaired) electrons. The Balaban J connectivity index is 2.40. The van der Waals surface area contributed by atoms with Crippen molar-refractivity contribution in [2.24, 2.45) is 4.40 Å². The number of thioether (sulfide) groups is 1. The molecule has 6 nitrogen and oxygen atoms in total. The highest BCUT2D eigenvalue weighted by molar-refractivity contribution is 8.19. The number of carbonyl (C=O) groups is 1. The standard InChI is InChI=1S/C12H14ClN3O3S3/c1-4-16-11(17)8(7-15(2)3)20-12(16)14-22(18,19)10-6-5-9(13)21-10/h5-7H,4H2,1-3H3. The molecule has 0 N–H and O–H groups in total. The molecule has 0 saturated carbocycles. The lowest BCUT2D eigenvalue weighted by Crippen LogP contribution is -2.29. The predicted molar refractivity (Wildman–Crippen MR) is 90.7 cm³/mol. The molecule has 22 heavy (non-hydrogen) atoms. The largest absolute Gasteiger partial charge is 0.382 e. The zero-order chi connectivity index (χ0) is 16.5. The maximum Gasteiger partial charge on any atom is 0.294 e. The number of sulfonamides is 1. The normalized spacial score (nSPS) is 19.5. The van der Waals surface area contributed by atoms with Crippen LogP contribution in [-0.2, 0) is 14.8 Å². The summed E-state index contributed by atoms with van der Waals surface area (Å²) in [6, 6.07) is 2.90. The van der Waals surface area contributed by atoms with Gasteiger partial charge in [-0.25, -0.2) is 0 Å². The Morgan fingerprint density at radius 3 is 2.59 bits per heavy atom. The van der Waals surface area contributed by atoms with Gasteiger partial charge in [-0.1, -0.05) is 11.6 Å². The monoisotopic (exact) mass is 379 g/mol. The fourth-order valence-corrected chi connectivity index (χ4v) is 5.44. The van der Waals surface area contributed by atoms with Gasteiger partial charge in [-0.2, -0.15) is 8.42 Å². The van der Waals surface area contributed by atoms with Crippen LogP contribution >= 0.6 is 34.7 Å². The van der Waals surface area contributed by atoms with Crippen LogP contribution in [0.3, 0.4) is 0 Å². The van der Waals surface area contributed by atoms with Crippen molar-refractivity contribution in [2.45, 2.75) is 11.1 Å². The van der Waals surface area contributed by atoms with E-state index in [9.17, 15) is 13.2 Å². The van der Waals surface area contributed by atoms with Crippen LogP contribution in [0.1, 0.15) is 6.92 Å². The molecule has 1 aliphatic rings. The van der Waals surface area contributed by atoms with Crippen LogP contribution in [0.5, 0.6) is 0 Å². The van der Waals surface area contributed by atoms with Gasteiger partial charge < -0.3 is 4.90 Å². The third-order valence-corrected chi connectivity index (χ3v) is 6.66. The van der Waals surface area contributed by atoms with Crippen LogP contribution in [0.15, 0.2) is 31.8 Å². The molecule has 0 aliphatic carbocycles. The van der Waals surface area contributed by atoms with E-state index < -0.39 is 10.0 Å². The molecule has 10 heteroatoms. The second-order valence-electron chi connectivity index (χ2n) is 4.52. The molecule has 1 aromatic heterocycles. The van der Waals surface area contributed by atoms with E-state index in [2.05, 4.69) is 4.40 Å². The molecule has 2 heterocycles. The maximum absolute atomic E-state index is 12.3. The van der Waals surface area contributed by atoms with Crippen molar-refractivity contribution in [2.75, 3.05) is 20.6 Å². The second kappa shape index (κ2) is 6.61. The van der Waals surface area contributed by atoms with Crippen molar-refractivity contribution in [3.05, 3.63) is 27.6 Å². The highest BCUT2D eigenvalue weighted by atomic mass is 35.5. The van der Waals surface area contributed by atoms with E-state index in [0.29, 0.717) is 15.8 Å². The van der Waals surface area contributed by atoms with Crippen LogP contribution in [0.25, 0.3) is 0 Å². The van der Waals surface area contributed by atoms with E-state index in [-0.39, 0.29) is 15.3 Å². The highest BCUT2D eigenvalue weighted by Gasteiger charge is 2.34.